The van der Waals surface area contributed by atoms with Crippen LogP contribution < -0.4 is 0 Å². The molecule has 46 heavy (non-hydrogen) atoms. The number of hydrogen-bond acceptors (Lipinski definition) is 3. The first-order valence-electron chi connectivity index (χ1n) is 18.2. The van der Waals surface area contributed by atoms with Crippen LogP contribution in [0, 0.1) is 46.3 Å². The van der Waals surface area contributed by atoms with E-state index < -0.39 is 5.97 Å². The fraction of sp³-hybridized carbons (Fsp3) is 0.595. The van der Waals surface area contributed by atoms with Crippen molar-refractivity contribution in [2.75, 3.05) is 0 Å². The molecule has 0 spiro atoms. The maximum absolute atomic E-state index is 14.0. The van der Waals surface area contributed by atoms with Crippen LogP contribution in [0.4, 0.5) is 0 Å². The minimum atomic E-state index is -1.02. The molecular weight excluding hydrogens is 568 g/mol. The van der Waals surface area contributed by atoms with Crippen LogP contribution in [0.5, 0.6) is 0 Å². The third-order valence-corrected chi connectivity index (χ3v) is 14.1. The molecule has 2 aromatic rings. The zero-order valence-electron chi connectivity index (χ0n) is 28.5. The van der Waals surface area contributed by atoms with Gasteiger partial charge in [-0.15, -0.1) is 0 Å². The molecule has 0 heterocycles. The number of fused-ring (bicyclic) bond motifs is 7. The van der Waals surface area contributed by atoms with Crippen LogP contribution in [-0.4, -0.2) is 22.6 Å². The summed E-state index contributed by atoms with van der Waals surface area (Å²) in [7, 11) is 0. The molecule has 244 valence electrons. The summed E-state index contributed by atoms with van der Waals surface area (Å²) in [4.78, 5) is 40.1. The quantitative estimate of drug-likeness (QED) is 0.267. The zero-order valence-corrected chi connectivity index (χ0v) is 28.5. The zero-order chi connectivity index (χ0) is 32.5. The van der Waals surface area contributed by atoms with Gasteiger partial charge in [0, 0.05) is 22.3 Å². The Morgan fingerprint density at radius 3 is 2.33 bits per heavy atom. The van der Waals surface area contributed by atoms with Gasteiger partial charge in [-0.2, -0.15) is 0 Å². The third-order valence-electron chi connectivity index (χ3n) is 14.1. The summed E-state index contributed by atoms with van der Waals surface area (Å²) in [6.45, 7) is 12.4. The second-order valence-electron chi connectivity index (χ2n) is 16.7. The number of carbonyl (C=O) groups is 3. The van der Waals surface area contributed by atoms with Crippen molar-refractivity contribution in [1.29, 1.82) is 0 Å². The second-order valence-corrected chi connectivity index (χ2v) is 16.7. The fourth-order valence-electron chi connectivity index (χ4n) is 11.8. The molecule has 0 saturated heterocycles. The number of benzene rings is 2. The van der Waals surface area contributed by atoms with Crippen LogP contribution in [0.25, 0.3) is 0 Å². The Balaban J connectivity index is 1.17. The van der Waals surface area contributed by atoms with Gasteiger partial charge in [-0.1, -0.05) is 89.8 Å². The highest BCUT2D eigenvalue weighted by atomic mass is 16.4. The monoisotopic (exact) mass is 620 g/mol. The number of ketones is 2. The van der Waals surface area contributed by atoms with E-state index in [4.69, 9.17) is 0 Å². The van der Waals surface area contributed by atoms with E-state index in [0.29, 0.717) is 39.2 Å². The Morgan fingerprint density at radius 1 is 0.870 bits per heavy atom. The van der Waals surface area contributed by atoms with Crippen molar-refractivity contribution < 1.29 is 19.5 Å². The lowest BCUT2D eigenvalue weighted by molar-refractivity contribution is -0.0510. The Kier molecular flexibility index (Phi) is 7.96. The van der Waals surface area contributed by atoms with E-state index in [-0.39, 0.29) is 28.5 Å². The topological polar surface area (TPSA) is 71.4 Å². The second kappa shape index (κ2) is 11.6. The molecule has 3 fully saturated rings. The van der Waals surface area contributed by atoms with Gasteiger partial charge in [-0.25, -0.2) is 4.79 Å². The Hall–Kier alpha value is -3.01. The average Bonchev–Trinajstić information content (AvgIpc) is 3.39. The molecule has 7 rings (SSSR count). The summed E-state index contributed by atoms with van der Waals surface area (Å²) >= 11 is 0. The van der Waals surface area contributed by atoms with Crippen molar-refractivity contribution in [1.82, 2.24) is 0 Å². The van der Waals surface area contributed by atoms with Crippen LogP contribution in [0.2, 0.25) is 0 Å². The molecule has 4 nitrogen and oxygen atoms in total. The minimum absolute atomic E-state index is 0.0876. The van der Waals surface area contributed by atoms with Crippen LogP contribution >= 0.6 is 0 Å². The van der Waals surface area contributed by atoms with Crippen molar-refractivity contribution in [3.63, 3.8) is 0 Å². The number of rotatable bonds is 7. The van der Waals surface area contributed by atoms with Crippen molar-refractivity contribution in [3.8, 4) is 0 Å². The van der Waals surface area contributed by atoms with E-state index >= 15 is 0 Å². The highest BCUT2D eigenvalue weighted by Gasteiger charge is 2.59. The molecule has 8 atom stereocenters. The molecule has 0 aromatic heterocycles. The molecule has 4 unspecified atom stereocenters. The molecule has 3 saturated carbocycles. The molecule has 0 amide bonds. The van der Waals surface area contributed by atoms with E-state index in [2.05, 4.69) is 40.7 Å². The van der Waals surface area contributed by atoms with E-state index in [0.717, 1.165) is 55.3 Å². The van der Waals surface area contributed by atoms with E-state index in [1.165, 1.54) is 50.5 Å². The van der Waals surface area contributed by atoms with Crippen LogP contribution in [0.3, 0.4) is 0 Å². The maximum Gasteiger partial charge on any atom is 0.335 e. The standard InChI is InChI=1S/C42H52O4/c1-24(2)9-8-10-25(3)33-17-18-34-30-14-13-27-23-26(19-21-41(27,4)35(30)20-22-42(33,34)5)36-32(40(45)46)16-15-31-37(36)39(44)29-12-7-6-11-28(29)38(31)43/h6-7,11-13,15-16,24-26,30,33-35H,8-10,14,17-23H2,1-5H3,(H,45,46)/t25-,26?,30?,33-,34?,35?,41+,42-/m1/s1. The van der Waals surface area contributed by atoms with Gasteiger partial charge in [0.05, 0.1) is 5.56 Å². The van der Waals surface area contributed by atoms with Gasteiger partial charge in [0.1, 0.15) is 0 Å². The molecule has 0 bridgehead atoms. The molecule has 5 aliphatic carbocycles. The van der Waals surface area contributed by atoms with Crippen LogP contribution in [-0.2, 0) is 0 Å². The third kappa shape index (κ3) is 4.79. The molecular formula is C42H52O4. The van der Waals surface area contributed by atoms with Gasteiger partial charge in [0.25, 0.3) is 0 Å². The largest absolute Gasteiger partial charge is 0.478 e. The highest BCUT2D eigenvalue weighted by Crippen LogP contribution is 2.68. The number of carboxylic acids is 1. The first kappa shape index (κ1) is 31.6. The molecule has 5 aliphatic rings. The van der Waals surface area contributed by atoms with Crippen molar-refractivity contribution in [2.45, 2.75) is 111 Å². The SMILES string of the molecule is CC(C)CCC[C@@H](C)[C@H]1CCC2C3CC=C4CC(c5c(C(=O)O)ccc6c5C(=O)c5ccccc5C6=O)CC[C@]4(C)C3CC[C@@]21C. The van der Waals surface area contributed by atoms with Gasteiger partial charge in [-0.3, -0.25) is 9.59 Å². The normalized spacial score (nSPS) is 33.8. The van der Waals surface area contributed by atoms with Crippen molar-refractivity contribution in [2.24, 2.45) is 46.3 Å². The lowest BCUT2D eigenvalue weighted by Gasteiger charge is -2.58. The molecule has 0 radical (unpaired) electrons. The number of hydrogen-bond donors (Lipinski definition) is 1. The smallest absolute Gasteiger partial charge is 0.335 e. The van der Waals surface area contributed by atoms with Crippen molar-refractivity contribution in [3.05, 3.63) is 81.4 Å². The predicted molar refractivity (Wildman–Crippen MR) is 182 cm³/mol. The molecule has 4 heteroatoms. The van der Waals surface area contributed by atoms with Gasteiger partial charge in [0.15, 0.2) is 11.6 Å². The van der Waals surface area contributed by atoms with Crippen LogP contribution in [0.1, 0.15) is 159 Å². The summed E-state index contributed by atoms with van der Waals surface area (Å²) in [5, 5.41) is 10.3. The molecule has 0 aliphatic heterocycles. The average molecular weight is 621 g/mol. The summed E-state index contributed by atoms with van der Waals surface area (Å²) < 4.78 is 0. The molecule has 1 N–H and O–H groups in total. The van der Waals surface area contributed by atoms with E-state index in [1.807, 2.05) is 0 Å². The Morgan fingerprint density at radius 2 is 1.61 bits per heavy atom. The number of aromatic carboxylic acids is 1. The Labute approximate surface area is 275 Å². The first-order chi connectivity index (χ1) is 22.0. The highest BCUT2D eigenvalue weighted by molar-refractivity contribution is 6.29. The Bertz CT molecular complexity index is 1610. The number of carboxylic acid groups (broad SMARTS) is 1. The predicted octanol–water partition coefficient (Wildman–Crippen LogP) is 10.3. The van der Waals surface area contributed by atoms with Gasteiger partial charge in [-0.05, 0) is 121 Å². The number of carbonyl (C=O) groups excluding carboxylic acids is 2. The molecule has 2 aromatic carbocycles. The van der Waals surface area contributed by atoms with Gasteiger partial charge < -0.3 is 5.11 Å². The maximum atomic E-state index is 14.0. The minimum Gasteiger partial charge on any atom is -0.478 e. The lowest BCUT2D eigenvalue weighted by Crippen LogP contribution is -2.50. The number of allylic oxidation sites excluding steroid dienone is 2. The van der Waals surface area contributed by atoms with Crippen molar-refractivity contribution >= 4 is 17.5 Å². The lowest BCUT2D eigenvalue weighted by atomic mass is 9.46. The van der Waals surface area contributed by atoms with E-state index in [1.54, 1.807) is 36.4 Å². The summed E-state index contributed by atoms with van der Waals surface area (Å²) in [6, 6.07) is 10.1. The summed E-state index contributed by atoms with van der Waals surface area (Å²) in [5.74, 6) is 3.10. The first-order valence-corrected chi connectivity index (χ1v) is 18.2. The summed E-state index contributed by atoms with van der Waals surface area (Å²) in [5.41, 5.74) is 4.28. The van der Waals surface area contributed by atoms with Gasteiger partial charge in [0.2, 0.25) is 0 Å². The van der Waals surface area contributed by atoms with Crippen LogP contribution in [0.15, 0.2) is 48.0 Å². The fourth-order valence-corrected chi connectivity index (χ4v) is 11.8. The van der Waals surface area contributed by atoms with Gasteiger partial charge >= 0.3 is 5.97 Å². The van der Waals surface area contributed by atoms with E-state index in [9.17, 15) is 19.5 Å². The summed E-state index contributed by atoms with van der Waals surface area (Å²) in [6.07, 6.45) is 15.7.